The number of para-hydroxylation sites is 4. The summed E-state index contributed by atoms with van der Waals surface area (Å²) in [4.78, 5) is 2.49. The standard InChI is InChI=1S/C59H39NO/c1-3-19-40(20-4-1)43-37-38-47(46-25-8-7-24-45(43)46)50-27-11-16-32-56(50)60(55-31-15-10-23-44(55)41-21-5-2-6-22-41)42-35-36-49-48-26-9-12-28-51(48)59(54(49)39-42)52-29-13-17-33-57(52)61-58-34-18-14-30-53(58)59/h1-39H. The molecule has 1 aliphatic carbocycles. The normalized spacial score (nSPS) is 12.9. The number of anilines is 3. The van der Waals surface area contributed by atoms with Crippen molar-refractivity contribution in [2.45, 2.75) is 5.41 Å². The molecule has 0 saturated heterocycles. The van der Waals surface area contributed by atoms with Crippen molar-refractivity contribution >= 4 is 27.8 Å². The van der Waals surface area contributed by atoms with Crippen molar-refractivity contribution in [1.29, 1.82) is 0 Å². The lowest BCUT2D eigenvalue weighted by molar-refractivity contribution is 0.436. The zero-order chi connectivity index (χ0) is 40.3. The third-order valence-electron chi connectivity index (χ3n) is 12.8. The molecule has 1 heterocycles. The highest BCUT2D eigenvalue weighted by atomic mass is 16.5. The summed E-state index contributed by atoms with van der Waals surface area (Å²) in [5.41, 5.74) is 17.1. The van der Waals surface area contributed by atoms with Gasteiger partial charge in [-0.15, -0.1) is 0 Å². The minimum atomic E-state index is -0.596. The van der Waals surface area contributed by atoms with E-state index in [4.69, 9.17) is 4.74 Å². The maximum absolute atomic E-state index is 6.70. The molecule has 286 valence electrons. The minimum absolute atomic E-state index is 0.596. The van der Waals surface area contributed by atoms with Gasteiger partial charge in [0, 0.05) is 27.9 Å². The van der Waals surface area contributed by atoms with Gasteiger partial charge in [0.05, 0.1) is 16.8 Å². The third kappa shape index (κ3) is 5.36. The molecule has 0 amide bonds. The molecule has 0 unspecified atom stereocenters. The van der Waals surface area contributed by atoms with E-state index in [0.29, 0.717) is 0 Å². The molecule has 0 saturated carbocycles. The molecule has 0 atom stereocenters. The lowest BCUT2D eigenvalue weighted by Crippen LogP contribution is -2.32. The van der Waals surface area contributed by atoms with Crippen molar-refractivity contribution in [3.63, 3.8) is 0 Å². The maximum atomic E-state index is 6.70. The molecule has 10 aromatic rings. The highest BCUT2D eigenvalue weighted by molar-refractivity contribution is 6.08. The highest BCUT2D eigenvalue weighted by Gasteiger charge is 2.51. The molecule has 0 fully saturated rings. The molecule has 1 spiro atoms. The fraction of sp³-hybridized carbons (Fsp3) is 0.0169. The number of hydrogen-bond donors (Lipinski definition) is 0. The quantitative estimate of drug-likeness (QED) is 0.167. The smallest absolute Gasteiger partial charge is 0.132 e. The minimum Gasteiger partial charge on any atom is -0.457 e. The summed E-state index contributed by atoms with van der Waals surface area (Å²) in [5, 5.41) is 2.44. The van der Waals surface area contributed by atoms with Crippen molar-refractivity contribution in [2.75, 3.05) is 4.90 Å². The van der Waals surface area contributed by atoms with Gasteiger partial charge in [-0.1, -0.05) is 200 Å². The van der Waals surface area contributed by atoms with Crippen LogP contribution in [0.2, 0.25) is 0 Å². The van der Waals surface area contributed by atoms with E-state index < -0.39 is 5.41 Å². The van der Waals surface area contributed by atoms with Crippen molar-refractivity contribution in [3.05, 3.63) is 259 Å². The summed E-state index contributed by atoms with van der Waals surface area (Å²) in [5.74, 6) is 1.77. The molecule has 2 aliphatic rings. The van der Waals surface area contributed by atoms with Gasteiger partial charge < -0.3 is 9.64 Å². The van der Waals surface area contributed by atoms with Gasteiger partial charge in [-0.05, 0) is 91.7 Å². The second-order valence-electron chi connectivity index (χ2n) is 15.9. The number of nitrogens with zero attached hydrogens (tertiary/aromatic N) is 1. The zero-order valence-electron chi connectivity index (χ0n) is 33.4. The van der Waals surface area contributed by atoms with E-state index in [-0.39, 0.29) is 0 Å². The average molecular weight is 778 g/mol. The number of fused-ring (bicyclic) bond motifs is 10. The Morgan fingerprint density at radius 2 is 0.738 bits per heavy atom. The van der Waals surface area contributed by atoms with E-state index >= 15 is 0 Å². The third-order valence-corrected chi connectivity index (χ3v) is 12.8. The lowest BCUT2D eigenvalue weighted by Gasteiger charge is -2.39. The summed E-state index contributed by atoms with van der Waals surface area (Å²) >= 11 is 0. The average Bonchev–Trinajstić information content (AvgIpc) is 3.62. The lowest BCUT2D eigenvalue weighted by atomic mass is 9.66. The fourth-order valence-corrected chi connectivity index (χ4v) is 10.2. The van der Waals surface area contributed by atoms with Crippen molar-refractivity contribution in [2.24, 2.45) is 0 Å². The zero-order valence-corrected chi connectivity index (χ0v) is 33.4. The molecular formula is C59H39NO. The SMILES string of the molecule is c1ccc(-c2ccccc2N(c2ccc3c(c2)C2(c4ccccc4Oc4ccccc42)c2ccccc2-3)c2ccccc2-c2ccc(-c3ccccc3)c3ccccc23)cc1. The van der Waals surface area contributed by atoms with E-state index in [1.54, 1.807) is 0 Å². The first-order chi connectivity index (χ1) is 30.3. The van der Waals surface area contributed by atoms with Crippen molar-refractivity contribution in [1.82, 2.24) is 0 Å². The molecule has 12 rings (SSSR count). The first-order valence-electron chi connectivity index (χ1n) is 21.0. The number of ether oxygens (including phenoxy) is 1. The van der Waals surface area contributed by atoms with Gasteiger partial charge in [-0.3, -0.25) is 0 Å². The van der Waals surface area contributed by atoms with Gasteiger partial charge in [0.25, 0.3) is 0 Å². The van der Waals surface area contributed by atoms with Crippen LogP contribution in [-0.4, -0.2) is 0 Å². The second-order valence-corrected chi connectivity index (χ2v) is 15.9. The topological polar surface area (TPSA) is 12.5 Å². The summed E-state index contributed by atoms with van der Waals surface area (Å²) in [6.45, 7) is 0. The molecule has 2 nitrogen and oxygen atoms in total. The molecule has 0 N–H and O–H groups in total. The van der Waals surface area contributed by atoms with E-state index in [1.807, 2.05) is 0 Å². The van der Waals surface area contributed by atoms with Gasteiger partial charge in [0.1, 0.15) is 11.5 Å². The van der Waals surface area contributed by atoms with Crippen LogP contribution in [0.15, 0.2) is 237 Å². The van der Waals surface area contributed by atoms with Crippen LogP contribution in [0.4, 0.5) is 17.1 Å². The predicted molar refractivity (Wildman–Crippen MR) is 252 cm³/mol. The largest absolute Gasteiger partial charge is 0.457 e. The number of hydrogen-bond acceptors (Lipinski definition) is 2. The Kier molecular flexibility index (Phi) is 8.11. The summed E-state index contributed by atoms with van der Waals surface area (Å²) < 4.78 is 6.70. The van der Waals surface area contributed by atoms with Crippen LogP contribution in [0.25, 0.3) is 55.3 Å². The van der Waals surface area contributed by atoms with Crippen molar-refractivity contribution < 1.29 is 4.74 Å². The van der Waals surface area contributed by atoms with Crippen LogP contribution in [0, 0.1) is 0 Å². The number of benzene rings is 10. The van der Waals surface area contributed by atoms with Crippen molar-refractivity contribution in [3.8, 4) is 56.0 Å². The Balaban J connectivity index is 1.15. The molecule has 0 bridgehead atoms. The Bertz CT molecular complexity index is 3250. The van der Waals surface area contributed by atoms with E-state index in [1.165, 1.54) is 49.7 Å². The van der Waals surface area contributed by atoms with Gasteiger partial charge >= 0.3 is 0 Å². The molecule has 10 aromatic carbocycles. The molecule has 0 radical (unpaired) electrons. The Morgan fingerprint density at radius 3 is 1.41 bits per heavy atom. The van der Waals surface area contributed by atoms with Gasteiger partial charge in [-0.2, -0.15) is 0 Å². The molecular weight excluding hydrogens is 739 g/mol. The summed E-state index contributed by atoms with van der Waals surface area (Å²) in [7, 11) is 0. The molecule has 2 heteroatoms. The fourth-order valence-electron chi connectivity index (χ4n) is 10.2. The van der Waals surface area contributed by atoms with Gasteiger partial charge in [0.15, 0.2) is 0 Å². The Morgan fingerprint density at radius 1 is 0.295 bits per heavy atom. The predicted octanol–water partition coefficient (Wildman–Crippen LogP) is 15.8. The molecule has 61 heavy (non-hydrogen) atoms. The van der Waals surface area contributed by atoms with E-state index in [0.717, 1.165) is 56.4 Å². The van der Waals surface area contributed by atoms with Crippen LogP contribution in [0.5, 0.6) is 11.5 Å². The molecule has 0 aromatic heterocycles. The van der Waals surface area contributed by atoms with Gasteiger partial charge in [-0.25, -0.2) is 0 Å². The number of rotatable bonds is 6. The monoisotopic (exact) mass is 777 g/mol. The van der Waals surface area contributed by atoms with Crippen LogP contribution in [-0.2, 0) is 5.41 Å². The maximum Gasteiger partial charge on any atom is 0.132 e. The first-order valence-corrected chi connectivity index (χ1v) is 21.0. The summed E-state index contributed by atoms with van der Waals surface area (Å²) in [6, 6.07) is 85.9. The Labute approximate surface area is 356 Å². The van der Waals surface area contributed by atoms with Crippen LogP contribution in [0.3, 0.4) is 0 Å². The van der Waals surface area contributed by atoms with Crippen LogP contribution < -0.4 is 9.64 Å². The van der Waals surface area contributed by atoms with Crippen LogP contribution >= 0.6 is 0 Å². The van der Waals surface area contributed by atoms with E-state index in [2.05, 4.69) is 241 Å². The second kappa shape index (κ2) is 14.1. The molecule has 1 aliphatic heterocycles. The highest BCUT2D eigenvalue weighted by Crippen LogP contribution is 2.63. The summed E-state index contributed by atoms with van der Waals surface area (Å²) in [6.07, 6.45) is 0. The first kappa shape index (κ1) is 35.0. The van der Waals surface area contributed by atoms with E-state index in [9.17, 15) is 0 Å². The van der Waals surface area contributed by atoms with Gasteiger partial charge in [0.2, 0.25) is 0 Å². The Hall–Kier alpha value is -7.94. The van der Waals surface area contributed by atoms with Crippen LogP contribution in [0.1, 0.15) is 22.3 Å².